The molecule has 0 saturated carbocycles. The zero-order valence-corrected chi connectivity index (χ0v) is 8.52. The lowest BCUT2D eigenvalue weighted by molar-refractivity contribution is 0.182. The third-order valence-corrected chi connectivity index (χ3v) is 2.76. The van der Waals surface area contributed by atoms with Gasteiger partial charge in [0.1, 0.15) is 0 Å². The van der Waals surface area contributed by atoms with Crippen LogP contribution in [-0.4, -0.2) is 23.0 Å². The maximum absolute atomic E-state index is 6.08. The van der Waals surface area contributed by atoms with Crippen LogP contribution in [0.25, 0.3) is 0 Å². The Kier molecular flexibility index (Phi) is 2.84. The van der Waals surface area contributed by atoms with Gasteiger partial charge in [0, 0.05) is 38.1 Å². The van der Waals surface area contributed by atoms with E-state index in [2.05, 4.69) is 5.10 Å². The third kappa shape index (κ3) is 2.13. The molecule has 0 aliphatic carbocycles. The zero-order valence-electron chi connectivity index (χ0n) is 8.52. The van der Waals surface area contributed by atoms with Crippen LogP contribution in [0.1, 0.15) is 24.4 Å². The van der Waals surface area contributed by atoms with Gasteiger partial charge >= 0.3 is 0 Å². The minimum atomic E-state index is 0.107. The van der Waals surface area contributed by atoms with Crippen LogP contribution in [-0.2, 0) is 11.8 Å². The van der Waals surface area contributed by atoms with Crippen molar-refractivity contribution in [1.29, 1.82) is 0 Å². The molecule has 2 rings (SSSR count). The van der Waals surface area contributed by atoms with Gasteiger partial charge in [0.15, 0.2) is 0 Å². The van der Waals surface area contributed by atoms with Crippen molar-refractivity contribution in [1.82, 2.24) is 9.78 Å². The number of aromatic nitrogens is 2. The first-order chi connectivity index (χ1) is 6.75. The summed E-state index contributed by atoms with van der Waals surface area (Å²) in [4.78, 5) is 0. The van der Waals surface area contributed by atoms with Crippen LogP contribution in [0, 0.1) is 5.92 Å². The predicted octanol–water partition coefficient (Wildman–Crippen LogP) is 0.846. The lowest BCUT2D eigenvalue weighted by Crippen LogP contribution is -2.15. The molecule has 2 unspecified atom stereocenters. The van der Waals surface area contributed by atoms with E-state index in [0.717, 1.165) is 31.6 Å². The first-order valence-corrected chi connectivity index (χ1v) is 5.07. The number of ether oxygens (including phenoxy) is 1. The molecule has 1 fully saturated rings. The standard InChI is InChI=1S/C10H17N3O/c1-13-6-9(5-12-13)10(11)4-8-2-3-14-7-8/h5-6,8,10H,2-4,7,11H2,1H3. The van der Waals surface area contributed by atoms with E-state index in [1.807, 2.05) is 19.4 Å². The van der Waals surface area contributed by atoms with E-state index < -0.39 is 0 Å². The summed E-state index contributed by atoms with van der Waals surface area (Å²) >= 11 is 0. The van der Waals surface area contributed by atoms with Crippen LogP contribution in [0.2, 0.25) is 0 Å². The normalized spacial score (nSPS) is 24.0. The summed E-state index contributed by atoms with van der Waals surface area (Å²) in [7, 11) is 1.91. The first-order valence-electron chi connectivity index (χ1n) is 5.07. The Hall–Kier alpha value is -0.870. The summed E-state index contributed by atoms with van der Waals surface area (Å²) < 4.78 is 7.11. The minimum absolute atomic E-state index is 0.107. The number of rotatable bonds is 3. The molecular weight excluding hydrogens is 178 g/mol. The predicted molar refractivity (Wildman–Crippen MR) is 53.7 cm³/mol. The summed E-state index contributed by atoms with van der Waals surface area (Å²) in [5, 5.41) is 4.12. The van der Waals surface area contributed by atoms with E-state index in [1.165, 1.54) is 0 Å². The van der Waals surface area contributed by atoms with Gasteiger partial charge < -0.3 is 10.5 Å². The molecule has 4 nitrogen and oxygen atoms in total. The minimum Gasteiger partial charge on any atom is -0.381 e. The highest BCUT2D eigenvalue weighted by Crippen LogP contribution is 2.24. The van der Waals surface area contributed by atoms with E-state index in [4.69, 9.17) is 10.5 Å². The molecule has 1 aromatic heterocycles. The maximum Gasteiger partial charge on any atom is 0.0537 e. The van der Waals surface area contributed by atoms with Crippen LogP contribution in [0.4, 0.5) is 0 Å². The quantitative estimate of drug-likeness (QED) is 0.777. The fourth-order valence-electron chi connectivity index (χ4n) is 1.90. The molecule has 2 atom stereocenters. The van der Waals surface area contributed by atoms with E-state index in [-0.39, 0.29) is 6.04 Å². The van der Waals surface area contributed by atoms with Crippen LogP contribution in [0.3, 0.4) is 0 Å². The van der Waals surface area contributed by atoms with Crippen molar-refractivity contribution in [3.8, 4) is 0 Å². The van der Waals surface area contributed by atoms with E-state index in [0.29, 0.717) is 5.92 Å². The molecule has 1 saturated heterocycles. The van der Waals surface area contributed by atoms with Crippen LogP contribution in [0.15, 0.2) is 12.4 Å². The van der Waals surface area contributed by atoms with Crippen molar-refractivity contribution in [2.45, 2.75) is 18.9 Å². The van der Waals surface area contributed by atoms with Gasteiger partial charge in [0.2, 0.25) is 0 Å². The van der Waals surface area contributed by atoms with Crippen LogP contribution >= 0.6 is 0 Å². The number of aryl methyl sites for hydroxylation is 1. The molecular formula is C10H17N3O. The van der Waals surface area contributed by atoms with Crippen LogP contribution in [0.5, 0.6) is 0 Å². The topological polar surface area (TPSA) is 53.1 Å². The molecule has 0 spiro atoms. The van der Waals surface area contributed by atoms with Crippen molar-refractivity contribution >= 4 is 0 Å². The SMILES string of the molecule is Cn1cc(C(N)CC2CCOC2)cn1. The van der Waals surface area contributed by atoms with Crippen molar-refractivity contribution in [3.05, 3.63) is 18.0 Å². The Morgan fingerprint density at radius 3 is 3.21 bits per heavy atom. The highest BCUT2D eigenvalue weighted by Gasteiger charge is 2.20. The second-order valence-corrected chi connectivity index (χ2v) is 4.02. The molecule has 2 N–H and O–H groups in total. The van der Waals surface area contributed by atoms with Gasteiger partial charge in [-0.3, -0.25) is 4.68 Å². The summed E-state index contributed by atoms with van der Waals surface area (Å²) in [5.41, 5.74) is 7.20. The molecule has 1 aromatic rings. The molecule has 0 radical (unpaired) electrons. The lowest BCUT2D eigenvalue weighted by atomic mass is 9.97. The number of hydrogen-bond acceptors (Lipinski definition) is 3. The van der Waals surface area contributed by atoms with E-state index in [9.17, 15) is 0 Å². The van der Waals surface area contributed by atoms with Crippen molar-refractivity contribution in [2.75, 3.05) is 13.2 Å². The van der Waals surface area contributed by atoms with Gasteiger partial charge in [-0.05, 0) is 18.8 Å². The molecule has 14 heavy (non-hydrogen) atoms. The largest absolute Gasteiger partial charge is 0.381 e. The van der Waals surface area contributed by atoms with Gasteiger partial charge in [-0.2, -0.15) is 5.10 Å². The van der Waals surface area contributed by atoms with Crippen LogP contribution < -0.4 is 5.73 Å². The summed E-state index contributed by atoms with van der Waals surface area (Å²) in [6, 6.07) is 0.107. The van der Waals surface area contributed by atoms with E-state index in [1.54, 1.807) is 4.68 Å². The lowest BCUT2D eigenvalue weighted by Gasteiger charge is -2.13. The summed E-state index contributed by atoms with van der Waals surface area (Å²) in [5.74, 6) is 0.630. The Labute approximate surface area is 84.0 Å². The molecule has 0 aromatic carbocycles. The first kappa shape index (κ1) is 9.68. The number of hydrogen-bond donors (Lipinski definition) is 1. The second kappa shape index (κ2) is 4.11. The fourth-order valence-corrected chi connectivity index (χ4v) is 1.90. The van der Waals surface area contributed by atoms with Crippen molar-refractivity contribution in [2.24, 2.45) is 18.7 Å². The summed E-state index contributed by atoms with van der Waals surface area (Å²) in [6.45, 7) is 1.76. The molecule has 78 valence electrons. The average Bonchev–Trinajstić information content (AvgIpc) is 2.75. The van der Waals surface area contributed by atoms with Gasteiger partial charge in [-0.25, -0.2) is 0 Å². The van der Waals surface area contributed by atoms with Crippen molar-refractivity contribution in [3.63, 3.8) is 0 Å². The Morgan fingerprint density at radius 2 is 2.64 bits per heavy atom. The number of nitrogens with two attached hydrogens (primary N) is 1. The summed E-state index contributed by atoms with van der Waals surface area (Å²) in [6.07, 6.45) is 5.99. The fraction of sp³-hybridized carbons (Fsp3) is 0.700. The average molecular weight is 195 g/mol. The molecule has 1 aliphatic heterocycles. The maximum atomic E-state index is 6.08. The van der Waals surface area contributed by atoms with Gasteiger partial charge in [0.05, 0.1) is 6.20 Å². The second-order valence-electron chi connectivity index (χ2n) is 4.02. The molecule has 0 bridgehead atoms. The molecule has 0 amide bonds. The highest BCUT2D eigenvalue weighted by molar-refractivity contribution is 5.09. The Balaban J connectivity index is 1.91. The molecule has 4 heteroatoms. The third-order valence-electron chi connectivity index (χ3n) is 2.76. The Morgan fingerprint density at radius 1 is 1.79 bits per heavy atom. The Bertz CT molecular complexity index is 291. The monoisotopic (exact) mass is 195 g/mol. The van der Waals surface area contributed by atoms with Gasteiger partial charge in [-0.1, -0.05) is 0 Å². The highest BCUT2D eigenvalue weighted by atomic mass is 16.5. The smallest absolute Gasteiger partial charge is 0.0537 e. The van der Waals surface area contributed by atoms with Gasteiger partial charge in [-0.15, -0.1) is 0 Å². The van der Waals surface area contributed by atoms with E-state index >= 15 is 0 Å². The zero-order chi connectivity index (χ0) is 9.97. The molecule has 1 aliphatic rings. The molecule has 2 heterocycles. The van der Waals surface area contributed by atoms with Gasteiger partial charge in [0.25, 0.3) is 0 Å². The number of nitrogens with zero attached hydrogens (tertiary/aromatic N) is 2. The van der Waals surface area contributed by atoms with Crippen molar-refractivity contribution < 1.29 is 4.74 Å².